The molecule has 1 saturated carbocycles. The lowest BCUT2D eigenvalue weighted by molar-refractivity contribution is 0.305. The van der Waals surface area contributed by atoms with Crippen LogP contribution in [0.1, 0.15) is 42.7 Å². The summed E-state index contributed by atoms with van der Waals surface area (Å²) in [7, 11) is 0. The van der Waals surface area contributed by atoms with Crippen LogP contribution in [0.3, 0.4) is 0 Å². The van der Waals surface area contributed by atoms with Gasteiger partial charge in [-0.25, -0.2) is 0 Å². The Bertz CT molecular complexity index is 631. The molecule has 2 aromatic carbocycles. The van der Waals surface area contributed by atoms with Crippen LogP contribution in [-0.2, 0) is 6.61 Å². The molecule has 114 valence electrons. The quantitative estimate of drug-likeness (QED) is 0.859. The molecule has 0 saturated heterocycles. The van der Waals surface area contributed by atoms with Crippen molar-refractivity contribution < 1.29 is 4.74 Å². The van der Waals surface area contributed by atoms with Gasteiger partial charge in [-0.3, -0.25) is 0 Å². The minimum atomic E-state index is 0.640. The summed E-state index contributed by atoms with van der Waals surface area (Å²) in [5.41, 5.74) is 4.00. The Morgan fingerprint density at radius 1 is 1.00 bits per heavy atom. The monoisotopic (exact) mass is 293 g/mol. The topological polar surface area (TPSA) is 21.3 Å². The molecule has 2 aromatic rings. The first-order chi connectivity index (χ1) is 10.9. The molecule has 0 spiro atoms. The van der Waals surface area contributed by atoms with Gasteiger partial charge in [-0.15, -0.1) is 0 Å². The van der Waals surface area contributed by atoms with Crippen LogP contribution < -0.4 is 10.1 Å². The van der Waals surface area contributed by atoms with Gasteiger partial charge in [0.05, 0.1) is 0 Å². The zero-order valence-corrected chi connectivity index (χ0v) is 12.9. The molecule has 1 atom stereocenters. The molecule has 1 N–H and O–H groups in total. The van der Waals surface area contributed by atoms with E-state index in [4.69, 9.17) is 4.74 Å². The van der Waals surface area contributed by atoms with Crippen molar-refractivity contribution in [2.45, 2.75) is 38.2 Å². The summed E-state index contributed by atoms with van der Waals surface area (Å²) >= 11 is 0. The maximum atomic E-state index is 6.00. The van der Waals surface area contributed by atoms with E-state index >= 15 is 0 Å². The standard InChI is InChI=1S/C20H23NO/c1-2-6-15(7-3-1)14-22-17-10-11-20-18(12-17)19(13-21-20)16-8-4-5-9-16/h1-3,6-7,10-12,16,19,21H,4-5,8-9,13-14H2. The van der Waals surface area contributed by atoms with Crippen LogP contribution in [0.4, 0.5) is 5.69 Å². The van der Waals surface area contributed by atoms with E-state index in [-0.39, 0.29) is 0 Å². The summed E-state index contributed by atoms with van der Waals surface area (Å²) < 4.78 is 6.00. The van der Waals surface area contributed by atoms with E-state index in [0.717, 1.165) is 18.2 Å². The van der Waals surface area contributed by atoms with Crippen LogP contribution in [0.15, 0.2) is 48.5 Å². The second-order valence-electron chi connectivity index (χ2n) is 6.56. The maximum Gasteiger partial charge on any atom is 0.120 e. The van der Waals surface area contributed by atoms with Crippen molar-refractivity contribution in [3.63, 3.8) is 0 Å². The summed E-state index contributed by atoms with van der Waals surface area (Å²) in [6.45, 7) is 1.74. The third kappa shape index (κ3) is 2.70. The lowest BCUT2D eigenvalue weighted by Crippen LogP contribution is -2.11. The first-order valence-corrected chi connectivity index (χ1v) is 8.45. The van der Waals surface area contributed by atoms with Crippen molar-refractivity contribution >= 4 is 5.69 Å². The molecule has 2 heteroatoms. The van der Waals surface area contributed by atoms with E-state index in [1.54, 1.807) is 0 Å². The Balaban J connectivity index is 1.49. The van der Waals surface area contributed by atoms with Crippen LogP contribution in [0.25, 0.3) is 0 Å². The van der Waals surface area contributed by atoms with Crippen molar-refractivity contribution in [2.75, 3.05) is 11.9 Å². The molecule has 2 nitrogen and oxygen atoms in total. The largest absolute Gasteiger partial charge is 0.489 e. The fourth-order valence-corrected chi connectivity index (χ4v) is 3.95. The molecule has 0 aromatic heterocycles. The number of hydrogen-bond donors (Lipinski definition) is 1. The summed E-state index contributed by atoms with van der Waals surface area (Å²) in [6.07, 6.45) is 5.59. The zero-order valence-electron chi connectivity index (χ0n) is 12.9. The number of nitrogens with one attached hydrogen (secondary N) is 1. The van der Waals surface area contributed by atoms with E-state index in [0.29, 0.717) is 12.5 Å². The van der Waals surface area contributed by atoms with Gasteiger partial charge in [-0.05, 0) is 48.1 Å². The lowest BCUT2D eigenvalue weighted by atomic mass is 9.86. The molecule has 4 rings (SSSR count). The molecule has 1 fully saturated rings. The van der Waals surface area contributed by atoms with E-state index in [2.05, 4.69) is 47.8 Å². The van der Waals surface area contributed by atoms with Gasteiger partial charge in [0.15, 0.2) is 0 Å². The fourth-order valence-electron chi connectivity index (χ4n) is 3.95. The van der Waals surface area contributed by atoms with Gasteiger partial charge >= 0.3 is 0 Å². The molecule has 1 aliphatic heterocycles. The van der Waals surface area contributed by atoms with Crippen LogP contribution in [-0.4, -0.2) is 6.54 Å². The third-order valence-electron chi connectivity index (χ3n) is 5.15. The van der Waals surface area contributed by atoms with Crippen LogP contribution in [0.2, 0.25) is 0 Å². The Morgan fingerprint density at radius 2 is 1.82 bits per heavy atom. The number of anilines is 1. The summed E-state index contributed by atoms with van der Waals surface area (Å²) in [6, 6.07) is 16.9. The SMILES string of the molecule is c1ccc(COc2ccc3c(c2)C(C2CCCC2)CN3)cc1. The van der Waals surface area contributed by atoms with Crippen molar-refractivity contribution in [1.82, 2.24) is 0 Å². The first kappa shape index (κ1) is 13.7. The summed E-state index contributed by atoms with van der Waals surface area (Å²) in [4.78, 5) is 0. The molecule has 1 heterocycles. The fraction of sp³-hybridized carbons (Fsp3) is 0.400. The van der Waals surface area contributed by atoms with Gasteiger partial charge in [-0.2, -0.15) is 0 Å². The highest BCUT2D eigenvalue weighted by atomic mass is 16.5. The smallest absolute Gasteiger partial charge is 0.120 e. The molecular formula is C20H23NO. The van der Waals surface area contributed by atoms with Crippen molar-refractivity contribution in [3.05, 3.63) is 59.7 Å². The lowest BCUT2D eigenvalue weighted by Gasteiger charge is -2.18. The molecule has 0 radical (unpaired) electrons. The van der Waals surface area contributed by atoms with Gasteiger partial charge in [0.2, 0.25) is 0 Å². The first-order valence-electron chi connectivity index (χ1n) is 8.45. The molecule has 1 aliphatic carbocycles. The van der Waals surface area contributed by atoms with Gasteiger partial charge in [0.25, 0.3) is 0 Å². The van der Waals surface area contributed by atoms with Gasteiger partial charge in [0.1, 0.15) is 12.4 Å². The second kappa shape index (κ2) is 6.04. The maximum absolute atomic E-state index is 6.00. The number of ether oxygens (including phenoxy) is 1. The molecule has 2 aliphatic rings. The summed E-state index contributed by atoms with van der Waals surface area (Å²) in [5, 5.41) is 3.57. The van der Waals surface area contributed by atoms with E-state index in [1.165, 1.54) is 42.5 Å². The van der Waals surface area contributed by atoms with Crippen LogP contribution in [0.5, 0.6) is 5.75 Å². The third-order valence-corrected chi connectivity index (χ3v) is 5.15. The van der Waals surface area contributed by atoms with Gasteiger partial charge in [0, 0.05) is 18.2 Å². The van der Waals surface area contributed by atoms with E-state index in [1.807, 2.05) is 6.07 Å². The Labute approximate surface area is 132 Å². The van der Waals surface area contributed by atoms with Crippen molar-refractivity contribution in [1.29, 1.82) is 0 Å². The second-order valence-corrected chi connectivity index (χ2v) is 6.56. The zero-order chi connectivity index (χ0) is 14.8. The molecule has 22 heavy (non-hydrogen) atoms. The molecular weight excluding hydrogens is 270 g/mol. The van der Waals surface area contributed by atoms with Crippen molar-refractivity contribution in [3.8, 4) is 5.75 Å². The highest BCUT2D eigenvalue weighted by Gasteiger charge is 2.31. The number of rotatable bonds is 4. The molecule has 0 bridgehead atoms. The number of fused-ring (bicyclic) bond motifs is 1. The predicted octanol–water partition coefficient (Wildman–Crippen LogP) is 4.96. The average Bonchev–Trinajstić information content (AvgIpc) is 3.22. The van der Waals surface area contributed by atoms with Crippen LogP contribution in [0, 0.1) is 5.92 Å². The van der Waals surface area contributed by atoms with E-state index in [9.17, 15) is 0 Å². The minimum Gasteiger partial charge on any atom is -0.489 e. The van der Waals surface area contributed by atoms with Gasteiger partial charge < -0.3 is 10.1 Å². The normalized spacial score (nSPS) is 20.6. The molecule has 1 unspecified atom stereocenters. The highest BCUT2D eigenvalue weighted by Crippen LogP contribution is 2.44. The van der Waals surface area contributed by atoms with Gasteiger partial charge in [-0.1, -0.05) is 43.2 Å². The Morgan fingerprint density at radius 3 is 2.64 bits per heavy atom. The summed E-state index contributed by atoms with van der Waals surface area (Å²) in [5.74, 6) is 2.53. The average molecular weight is 293 g/mol. The Kier molecular flexibility index (Phi) is 3.75. The predicted molar refractivity (Wildman–Crippen MR) is 90.4 cm³/mol. The van der Waals surface area contributed by atoms with Crippen LogP contribution >= 0.6 is 0 Å². The van der Waals surface area contributed by atoms with E-state index < -0.39 is 0 Å². The Hall–Kier alpha value is -1.96. The minimum absolute atomic E-state index is 0.640. The number of benzene rings is 2. The highest BCUT2D eigenvalue weighted by molar-refractivity contribution is 5.60. The van der Waals surface area contributed by atoms with Crippen molar-refractivity contribution in [2.24, 2.45) is 5.92 Å². The number of hydrogen-bond acceptors (Lipinski definition) is 2. The molecule has 0 amide bonds.